The number of thiophene rings is 1. The van der Waals surface area contributed by atoms with E-state index in [1.165, 1.54) is 43.7 Å². The first-order valence-electron chi connectivity index (χ1n) is 9.46. The molecule has 0 aromatic carbocycles. The van der Waals surface area contributed by atoms with Crippen molar-refractivity contribution in [1.29, 1.82) is 0 Å². The zero-order valence-electron chi connectivity index (χ0n) is 16.2. The van der Waals surface area contributed by atoms with Crippen LogP contribution in [0, 0.1) is 6.92 Å². The third-order valence-electron chi connectivity index (χ3n) is 5.19. The van der Waals surface area contributed by atoms with Crippen LogP contribution in [-0.2, 0) is 0 Å². The van der Waals surface area contributed by atoms with Crippen molar-refractivity contribution in [2.45, 2.75) is 46.1 Å². The molecular formula is C19H29N5OS. The van der Waals surface area contributed by atoms with E-state index >= 15 is 0 Å². The van der Waals surface area contributed by atoms with Crippen LogP contribution < -0.4 is 5.32 Å². The van der Waals surface area contributed by atoms with Crippen LogP contribution >= 0.6 is 11.3 Å². The molecule has 2 aromatic rings. The second-order valence-corrected chi connectivity index (χ2v) is 8.30. The number of nitrogens with one attached hydrogen (secondary N) is 1. The predicted octanol–water partition coefficient (Wildman–Crippen LogP) is 3.38. The quantitative estimate of drug-likeness (QED) is 0.839. The van der Waals surface area contributed by atoms with Crippen molar-refractivity contribution in [3.63, 3.8) is 0 Å². The summed E-state index contributed by atoms with van der Waals surface area (Å²) >= 11 is 1.46. The summed E-state index contributed by atoms with van der Waals surface area (Å²) in [6, 6.07) is 0.167. The number of likely N-dealkylation sites (tertiary alicyclic amines) is 1. The topological polar surface area (TPSA) is 61.4 Å². The van der Waals surface area contributed by atoms with E-state index in [4.69, 9.17) is 0 Å². The second-order valence-electron chi connectivity index (χ2n) is 7.30. The summed E-state index contributed by atoms with van der Waals surface area (Å²) in [6.07, 6.45) is 5.54. The number of amides is 1. The van der Waals surface area contributed by atoms with Crippen molar-refractivity contribution in [3.8, 4) is 0 Å². The van der Waals surface area contributed by atoms with E-state index in [1.807, 2.05) is 27.8 Å². The van der Waals surface area contributed by atoms with Gasteiger partial charge in [-0.2, -0.15) is 0 Å². The molecule has 0 spiro atoms. The molecule has 1 N–H and O–H groups in total. The highest BCUT2D eigenvalue weighted by Gasteiger charge is 2.23. The Labute approximate surface area is 159 Å². The Morgan fingerprint density at radius 2 is 2.04 bits per heavy atom. The van der Waals surface area contributed by atoms with Crippen molar-refractivity contribution < 1.29 is 4.79 Å². The average Bonchev–Trinajstić information content (AvgIpc) is 2.99. The Morgan fingerprint density at radius 3 is 2.73 bits per heavy atom. The molecule has 0 atom stereocenters. The molecule has 1 saturated heterocycles. The summed E-state index contributed by atoms with van der Waals surface area (Å²) < 4.78 is 0. The molecular weight excluding hydrogens is 346 g/mol. The van der Waals surface area contributed by atoms with E-state index in [2.05, 4.69) is 20.2 Å². The number of hydrogen-bond acceptors (Lipinski definition) is 6. The van der Waals surface area contributed by atoms with E-state index in [0.717, 1.165) is 39.6 Å². The van der Waals surface area contributed by atoms with Crippen LogP contribution in [0.4, 0.5) is 5.82 Å². The summed E-state index contributed by atoms with van der Waals surface area (Å²) in [6.45, 7) is 10.3. The van der Waals surface area contributed by atoms with Crippen LogP contribution in [0.15, 0.2) is 6.33 Å². The summed E-state index contributed by atoms with van der Waals surface area (Å²) in [5.41, 5.74) is 0.976. The molecule has 26 heavy (non-hydrogen) atoms. The average molecular weight is 376 g/mol. The molecule has 1 aliphatic rings. The van der Waals surface area contributed by atoms with Gasteiger partial charge in [0.25, 0.3) is 5.91 Å². The van der Waals surface area contributed by atoms with Crippen molar-refractivity contribution in [3.05, 3.63) is 16.8 Å². The number of piperidine rings is 1. The zero-order valence-corrected chi connectivity index (χ0v) is 17.0. The number of carbonyl (C=O) groups is 1. The standard InChI is InChI=1S/C19H29N5OS/c1-13(2)23(4)19(25)16-14(3)15-17(21-12-22-18(15)26-16)20-8-11-24-9-6-5-7-10-24/h12-13H,5-11H2,1-4H3,(H,20,21,22). The van der Waals surface area contributed by atoms with Gasteiger partial charge in [-0.25, -0.2) is 9.97 Å². The SMILES string of the molecule is Cc1c(C(=O)N(C)C(C)C)sc2ncnc(NCCN3CCCCC3)c12. The number of hydrogen-bond donors (Lipinski definition) is 1. The van der Waals surface area contributed by atoms with Gasteiger partial charge >= 0.3 is 0 Å². The number of carbonyl (C=O) groups excluding carboxylic acids is 1. The van der Waals surface area contributed by atoms with Gasteiger partial charge < -0.3 is 15.1 Å². The molecule has 7 heteroatoms. The lowest BCUT2D eigenvalue weighted by atomic mass is 10.1. The van der Waals surface area contributed by atoms with Crippen molar-refractivity contribution in [2.75, 3.05) is 38.5 Å². The summed E-state index contributed by atoms with van der Waals surface area (Å²) in [5, 5.41) is 4.45. The Kier molecular flexibility index (Phi) is 6.09. The van der Waals surface area contributed by atoms with Gasteiger partial charge in [0, 0.05) is 26.2 Å². The third kappa shape index (κ3) is 3.99. The van der Waals surface area contributed by atoms with Crippen LogP contribution in [0.3, 0.4) is 0 Å². The minimum Gasteiger partial charge on any atom is -0.368 e. The van der Waals surface area contributed by atoms with Crippen LogP contribution in [0.2, 0.25) is 0 Å². The third-order valence-corrected chi connectivity index (χ3v) is 6.37. The van der Waals surface area contributed by atoms with Crippen molar-refractivity contribution in [2.24, 2.45) is 0 Å². The van der Waals surface area contributed by atoms with Gasteiger partial charge in [-0.15, -0.1) is 11.3 Å². The molecule has 0 saturated carbocycles. The van der Waals surface area contributed by atoms with E-state index in [9.17, 15) is 4.79 Å². The predicted molar refractivity (Wildman–Crippen MR) is 108 cm³/mol. The van der Waals surface area contributed by atoms with Gasteiger partial charge in [0.1, 0.15) is 17.0 Å². The Hall–Kier alpha value is -1.73. The number of rotatable bonds is 6. The van der Waals surface area contributed by atoms with Crippen LogP contribution in [0.5, 0.6) is 0 Å². The normalized spacial score (nSPS) is 15.6. The molecule has 2 aromatic heterocycles. The number of anilines is 1. The Morgan fingerprint density at radius 1 is 1.31 bits per heavy atom. The fourth-order valence-electron chi connectivity index (χ4n) is 3.32. The smallest absolute Gasteiger partial charge is 0.264 e. The lowest BCUT2D eigenvalue weighted by Gasteiger charge is -2.26. The van der Waals surface area contributed by atoms with Crippen LogP contribution in [-0.4, -0.2) is 64.9 Å². The number of nitrogens with zero attached hydrogens (tertiary/aromatic N) is 4. The molecule has 0 radical (unpaired) electrons. The number of aromatic nitrogens is 2. The maximum Gasteiger partial charge on any atom is 0.264 e. The summed E-state index contributed by atoms with van der Waals surface area (Å²) in [5.74, 6) is 0.895. The second kappa shape index (κ2) is 8.31. The molecule has 6 nitrogen and oxygen atoms in total. The maximum atomic E-state index is 12.8. The highest BCUT2D eigenvalue weighted by Crippen LogP contribution is 2.34. The van der Waals surface area contributed by atoms with E-state index in [0.29, 0.717) is 0 Å². The molecule has 142 valence electrons. The maximum absolute atomic E-state index is 12.8. The van der Waals surface area contributed by atoms with Gasteiger partial charge in [0.05, 0.1) is 10.3 Å². The first kappa shape index (κ1) is 19.0. The molecule has 1 fully saturated rings. The Balaban J connectivity index is 1.77. The lowest BCUT2D eigenvalue weighted by molar-refractivity contribution is 0.0759. The largest absolute Gasteiger partial charge is 0.368 e. The summed E-state index contributed by atoms with van der Waals surface area (Å²) in [4.78, 5) is 27.5. The molecule has 0 aliphatic carbocycles. The monoisotopic (exact) mass is 375 g/mol. The van der Waals surface area contributed by atoms with Gasteiger partial charge in [-0.3, -0.25) is 4.79 Å². The summed E-state index contributed by atoms with van der Waals surface area (Å²) in [7, 11) is 1.85. The molecule has 3 heterocycles. The van der Waals surface area contributed by atoms with E-state index in [-0.39, 0.29) is 11.9 Å². The van der Waals surface area contributed by atoms with Gasteiger partial charge in [0.2, 0.25) is 0 Å². The molecule has 3 rings (SSSR count). The molecule has 0 unspecified atom stereocenters. The highest BCUT2D eigenvalue weighted by atomic mass is 32.1. The van der Waals surface area contributed by atoms with E-state index < -0.39 is 0 Å². The molecule has 1 aliphatic heterocycles. The van der Waals surface area contributed by atoms with Crippen molar-refractivity contribution >= 4 is 33.3 Å². The fourth-order valence-corrected chi connectivity index (χ4v) is 4.45. The Bertz CT molecular complexity index is 767. The minimum atomic E-state index is 0.0553. The highest BCUT2D eigenvalue weighted by molar-refractivity contribution is 7.20. The van der Waals surface area contributed by atoms with Gasteiger partial charge in [0.15, 0.2) is 0 Å². The van der Waals surface area contributed by atoms with Crippen LogP contribution in [0.1, 0.15) is 48.3 Å². The van der Waals surface area contributed by atoms with Crippen LogP contribution in [0.25, 0.3) is 10.2 Å². The number of aryl methyl sites for hydroxylation is 1. The number of fused-ring (bicyclic) bond motifs is 1. The van der Waals surface area contributed by atoms with Crippen molar-refractivity contribution in [1.82, 2.24) is 19.8 Å². The molecule has 1 amide bonds. The van der Waals surface area contributed by atoms with Gasteiger partial charge in [-0.05, 0) is 52.3 Å². The fraction of sp³-hybridized carbons (Fsp3) is 0.632. The molecule has 0 bridgehead atoms. The lowest BCUT2D eigenvalue weighted by Crippen LogP contribution is -2.33. The minimum absolute atomic E-state index is 0.0553. The zero-order chi connectivity index (χ0) is 18.7. The van der Waals surface area contributed by atoms with Gasteiger partial charge in [-0.1, -0.05) is 6.42 Å². The first-order chi connectivity index (χ1) is 12.5. The first-order valence-corrected chi connectivity index (χ1v) is 10.3. The van der Waals surface area contributed by atoms with E-state index in [1.54, 1.807) is 11.2 Å².